The van der Waals surface area contributed by atoms with Crippen LogP contribution in [0.3, 0.4) is 0 Å². The molecule has 0 atom stereocenters. The van der Waals surface area contributed by atoms with Crippen LogP contribution in [0, 0.1) is 6.92 Å². The molecule has 0 saturated carbocycles. The number of rotatable bonds is 3. The first kappa shape index (κ1) is 16.7. The Balaban J connectivity index is 1.85. The SMILES string of the molecule is COc1ccc2sc(C(=O)N3CCC(O)(C(=O)O)CC3)c(C)c2c1. The molecule has 1 fully saturated rings. The van der Waals surface area contributed by atoms with Crippen molar-refractivity contribution in [3.8, 4) is 5.75 Å². The van der Waals surface area contributed by atoms with Gasteiger partial charge in [0.05, 0.1) is 12.0 Å². The van der Waals surface area contributed by atoms with Gasteiger partial charge in [0, 0.05) is 30.6 Å². The quantitative estimate of drug-likeness (QED) is 0.888. The molecule has 1 amide bonds. The van der Waals surface area contributed by atoms with E-state index in [9.17, 15) is 14.7 Å². The molecular formula is C17H19NO5S. The molecule has 0 bridgehead atoms. The Morgan fingerprint density at radius 3 is 2.54 bits per heavy atom. The first-order valence-electron chi connectivity index (χ1n) is 7.68. The van der Waals surface area contributed by atoms with E-state index >= 15 is 0 Å². The minimum atomic E-state index is -1.72. The smallest absolute Gasteiger partial charge is 0.335 e. The first-order valence-corrected chi connectivity index (χ1v) is 8.49. The summed E-state index contributed by atoms with van der Waals surface area (Å²) in [7, 11) is 1.60. The lowest BCUT2D eigenvalue weighted by Crippen LogP contribution is -2.50. The van der Waals surface area contributed by atoms with Gasteiger partial charge in [-0.25, -0.2) is 4.79 Å². The van der Waals surface area contributed by atoms with Gasteiger partial charge in [-0.05, 0) is 36.1 Å². The van der Waals surface area contributed by atoms with Crippen LogP contribution >= 0.6 is 11.3 Å². The van der Waals surface area contributed by atoms with Crippen LogP contribution in [0.5, 0.6) is 5.75 Å². The molecule has 24 heavy (non-hydrogen) atoms. The molecular weight excluding hydrogens is 330 g/mol. The maximum atomic E-state index is 12.8. The van der Waals surface area contributed by atoms with E-state index in [1.165, 1.54) is 11.3 Å². The molecule has 0 radical (unpaired) electrons. The lowest BCUT2D eigenvalue weighted by molar-refractivity contribution is -0.162. The minimum absolute atomic E-state index is 0.0475. The van der Waals surface area contributed by atoms with E-state index in [4.69, 9.17) is 9.84 Å². The zero-order chi connectivity index (χ0) is 17.5. The Morgan fingerprint density at radius 1 is 1.29 bits per heavy atom. The van der Waals surface area contributed by atoms with Crippen LogP contribution in [-0.4, -0.2) is 52.8 Å². The summed E-state index contributed by atoms with van der Waals surface area (Å²) in [6, 6.07) is 5.71. The van der Waals surface area contributed by atoms with Gasteiger partial charge in [-0.1, -0.05) is 0 Å². The average molecular weight is 349 g/mol. The zero-order valence-electron chi connectivity index (χ0n) is 13.5. The lowest BCUT2D eigenvalue weighted by atomic mass is 9.91. The fraction of sp³-hybridized carbons (Fsp3) is 0.412. The number of hydrogen-bond donors (Lipinski definition) is 2. The van der Waals surface area contributed by atoms with E-state index in [-0.39, 0.29) is 31.8 Å². The van der Waals surface area contributed by atoms with Gasteiger partial charge < -0.3 is 19.8 Å². The number of amides is 1. The van der Waals surface area contributed by atoms with Crippen molar-refractivity contribution in [1.82, 2.24) is 4.90 Å². The number of likely N-dealkylation sites (tertiary alicyclic amines) is 1. The summed E-state index contributed by atoms with van der Waals surface area (Å²) in [6.45, 7) is 2.38. The summed E-state index contributed by atoms with van der Waals surface area (Å²) in [4.78, 5) is 26.2. The third kappa shape index (κ3) is 2.74. The molecule has 0 spiro atoms. The molecule has 0 unspecified atom stereocenters. The van der Waals surface area contributed by atoms with Gasteiger partial charge in [-0.2, -0.15) is 0 Å². The maximum Gasteiger partial charge on any atom is 0.335 e. The van der Waals surface area contributed by atoms with Crippen molar-refractivity contribution in [2.75, 3.05) is 20.2 Å². The summed E-state index contributed by atoms with van der Waals surface area (Å²) < 4.78 is 6.24. The number of aliphatic hydroxyl groups is 1. The van der Waals surface area contributed by atoms with Crippen LogP contribution in [0.25, 0.3) is 10.1 Å². The number of carboxylic acids is 1. The van der Waals surface area contributed by atoms with Crippen LogP contribution in [0.2, 0.25) is 0 Å². The first-order chi connectivity index (χ1) is 11.4. The van der Waals surface area contributed by atoms with E-state index in [0.29, 0.717) is 4.88 Å². The minimum Gasteiger partial charge on any atom is -0.497 e. The molecule has 1 aromatic heterocycles. The molecule has 0 aliphatic carbocycles. The number of carbonyl (C=O) groups excluding carboxylic acids is 1. The Morgan fingerprint density at radius 2 is 1.96 bits per heavy atom. The Bertz CT molecular complexity index is 805. The Hall–Kier alpha value is -2.12. The van der Waals surface area contributed by atoms with E-state index in [0.717, 1.165) is 21.4 Å². The molecule has 3 rings (SSSR count). The second-order valence-electron chi connectivity index (χ2n) is 6.05. The van der Waals surface area contributed by atoms with Crippen LogP contribution in [0.15, 0.2) is 18.2 Å². The number of fused-ring (bicyclic) bond motifs is 1. The number of aryl methyl sites for hydroxylation is 1. The number of carboxylic acid groups (broad SMARTS) is 1. The van der Waals surface area contributed by atoms with Crippen LogP contribution in [0.1, 0.15) is 28.1 Å². The van der Waals surface area contributed by atoms with Crippen LogP contribution in [0.4, 0.5) is 0 Å². The van der Waals surface area contributed by atoms with Crippen molar-refractivity contribution >= 4 is 33.3 Å². The molecule has 2 aromatic rings. The molecule has 1 saturated heterocycles. The van der Waals surface area contributed by atoms with E-state index < -0.39 is 11.6 Å². The highest BCUT2D eigenvalue weighted by molar-refractivity contribution is 7.21. The molecule has 7 heteroatoms. The van der Waals surface area contributed by atoms with Crippen molar-refractivity contribution in [3.05, 3.63) is 28.6 Å². The number of ether oxygens (including phenoxy) is 1. The predicted molar refractivity (Wildman–Crippen MR) is 90.8 cm³/mol. The number of carbonyl (C=O) groups is 2. The van der Waals surface area contributed by atoms with E-state index in [2.05, 4.69) is 0 Å². The fourth-order valence-electron chi connectivity index (χ4n) is 2.97. The summed E-state index contributed by atoms with van der Waals surface area (Å²) in [6.07, 6.45) is 0.0949. The number of benzene rings is 1. The van der Waals surface area contributed by atoms with Gasteiger partial charge in [-0.3, -0.25) is 4.79 Å². The summed E-state index contributed by atoms with van der Waals surface area (Å²) in [5.74, 6) is -0.591. The fourth-order valence-corrected chi connectivity index (χ4v) is 4.13. The molecule has 2 heterocycles. The van der Waals surface area contributed by atoms with Gasteiger partial charge in [-0.15, -0.1) is 11.3 Å². The zero-order valence-corrected chi connectivity index (χ0v) is 14.4. The van der Waals surface area contributed by atoms with Gasteiger partial charge in [0.25, 0.3) is 5.91 Å². The van der Waals surface area contributed by atoms with Crippen LogP contribution < -0.4 is 4.74 Å². The third-order valence-corrected chi connectivity index (χ3v) is 5.87. The van der Waals surface area contributed by atoms with E-state index in [1.54, 1.807) is 12.0 Å². The molecule has 1 aliphatic rings. The average Bonchev–Trinajstić information content (AvgIpc) is 2.91. The number of thiophene rings is 1. The standard InChI is InChI=1S/C17H19NO5S/c1-10-12-9-11(23-2)3-4-13(12)24-14(10)15(19)18-7-5-17(22,6-8-18)16(20)21/h3-4,9,22H,5-8H2,1-2H3,(H,20,21). The monoisotopic (exact) mass is 349 g/mol. The Kier molecular flexibility index (Phi) is 4.23. The number of methoxy groups -OCH3 is 1. The Labute approximate surface area is 143 Å². The number of nitrogens with zero attached hydrogens (tertiary/aromatic N) is 1. The van der Waals surface area contributed by atoms with Crippen molar-refractivity contribution in [3.63, 3.8) is 0 Å². The van der Waals surface area contributed by atoms with Crippen molar-refractivity contribution < 1.29 is 24.5 Å². The summed E-state index contributed by atoms with van der Waals surface area (Å²) in [5.41, 5.74) is -0.822. The van der Waals surface area contributed by atoms with Crippen molar-refractivity contribution in [2.24, 2.45) is 0 Å². The topological polar surface area (TPSA) is 87.1 Å². The van der Waals surface area contributed by atoms with Gasteiger partial charge >= 0.3 is 5.97 Å². The highest BCUT2D eigenvalue weighted by Crippen LogP contribution is 2.35. The highest BCUT2D eigenvalue weighted by Gasteiger charge is 2.40. The number of aliphatic carboxylic acids is 1. The number of piperidine rings is 1. The van der Waals surface area contributed by atoms with Gasteiger partial charge in [0.2, 0.25) is 0 Å². The predicted octanol–water partition coefficient (Wildman–Crippen LogP) is 2.27. The normalized spacial score (nSPS) is 17.0. The van der Waals surface area contributed by atoms with Crippen LogP contribution in [-0.2, 0) is 4.79 Å². The third-order valence-electron chi connectivity index (χ3n) is 4.61. The lowest BCUT2D eigenvalue weighted by Gasteiger charge is -2.35. The molecule has 6 nitrogen and oxygen atoms in total. The van der Waals surface area contributed by atoms with Gasteiger partial charge in [0.1, 0.15) is 5.75 Å². The van der Waals surface area contributed by atoms with Crippen molar-refractivity contribution in [1.29, 1.82) is 0 Å². The largest absolute Gasteiger partial charge is 0.497 e. The second-order valence-corrected chi connectivity index (χ2v) is 7.10. The second kappa shape index (κ2) is 6.07. The van der Waals surface area contributed by atoms with Gasteiger partial charge in [0.15, 0.2) is 5.60 Å². The van der Waals surface area contributed by atoms with Crippen molar-refractivity contribution in [2.45, 2.75) is 25.4 Å². The van der Waals surface area contributed by atoms with E-state index in [1.807, 2.05) is 25.1 Å². The molecule has 2 N–H and O–H groups in total. The highest BCUT2D eigenvalue weighted by atomic mass is 32.1. The molecule has 128 valence electrons. The number of hydrogen-bond acceptors (Lipinski definition) is 5. The molecule has 1 aliphatic heterocycles. The maximum absolute atomic E-state index is 12.8. The molecule has 1 aromatic carbocycles. The summed E-state index contributed by atoms with van der Waals surface area (Å²) >= 11 is 1.43. The summed E-state index contributed by atoms with van der Waals surface area (Å²) in [5, 5.41) is 20.0.